The first-order valence-electron chi connectivity index (χ1n) is 7.89. The molecule has 132 valence electrons. The number of carbonyl (C=O) groups excluding carboxylic acids is 1. The molecule has 0 saturated heterocycles. The number of carbonyl (C=O) groups is 2. The summed E-state index contributed by atoms with van der Waals surface area (Å²) in [6, 6.07) is 8.89. The number of aromatic nitrogens is 1. The maximum absolute atomic E-state index is 12.3. The highest BCUT2D eigenvalue weighted by Gasteiger charge is 2.16. The molecule has 1 unspecified atom stereocenters. The lowest BCUT2D eigenvalue weighted by Gasteiger charge is -2.19. The topological polar surface area (TPSA) is 91.3 Å². The predicted octanol–water partition coefficient (Wildman–Crippen LogP) is 3.64. The van der Waals surface area contributed by atoms with Crippen molar-refractivity contribution in [3.8, 4) is 0 Å². The van der Waals surface area contributed by atoms with Gasteiger partial charge < -0.3 is 15.7 Å². The third-order valence-corrected chi connectivity index (χ3v) is 4.15. The van der Waals surface area contributed by atoms with Crippen LogP contribution in [0.25, 0.3) is 0 Å². The van der Waals surface area contributed by atoms with Crippen molar-refractivity contribution in [3.63, 3.8) is 0 Å². The van der Waals surface area contributed by atoms with E-state index in [1.165, 1.54) is 12.4 Å². The van der Waals surface area contributed by atoms with Gasteiger partial charge in [0.15, 0.2) is 0 Å². The van der Waals surface area contributed by atoms with Crippen LogP contribution in [0, 0.1) is 6.92 Å². The molecule has 1 aromatic heterocycles. The molecule has 0 spiro atoms. The second-order valence-corrected chi connectivity index (χ2v) is 6.12. The lowest BCUT2D eigenvalue weighted by atomic mass is 10.0. The van der Waals surface area contributed by atoms with E-state index in [0.29, 0.717) is 23.6 Å². The number of hydrogen-bond acceptors (Lipinski definition) is 3. The Labute approximate surface area is 151 Å². The summed E-state index contributed by atoms with van der Waals surface area (Å²) >= 11 is 6.00. The van der Waals surface area contributed by atoms with E-state index >= 15 is 0 Å². The molecule has 0 aliphatic rings. The van der Waals surface area contributed by atoms with Gasteiger partial charge in [0.2, 0.25) is 0 Å². The quantitative estimate of drug-likeness (QED) is 0.702. The highest BCUT2D eigenvalue weighted by atomic mass is 35.5. The summed E-state index contributed by atoms with van der Waals surface area (Å²) in [6.45, 7) is 1.78. The van der Waals surface area contributed by atoms with E-state index in [0.717, 1.165) is 11.1 Å². The average molecular weight is 362 g/mol. The summed E-state index contributed by atoms with van der Waals surface area (Å²) in [5.74, 6) is -0.893. The van der Waals surface area contributed by atoms with Gasteiger partial charge in [-0.2, -0.15) is 0 Å². The van der Waals surface area contributed by atoms with Gasteiger partial charge in [-0.05, 0) is 30.9 Å². The highest BCUT2D eigenvalue weighted by molar-refractivity contribution is 6.31. The number of halogens is 1. The zero-order valence-corrected chi connectivity index (χ0v) is 14.6. The molecule has 25 heavy (non-hydrogen) atoms. The van der Waals surface area contributed by atoms with E-state index in [1.54, 1.807) is 6.92 Å². The van der Waals surface area contributed by atoms with E-state index in [9.17, 15) is 9.59 Å². The Balaban J connectivity index is 2.02. The smallest absolute Gasteiger partial charge is 0.319 e. The average Bonchev–Trinajstić information content (AvgIpc) is 2.58. The number of urea groups is 1. The number of rotatable bonds is 7. The Kier molecular flexibility index (Phi) is 6.77. The zero-order chi connectivity index (χ0) is 18.2. The molecule has 0 radical (unpaired) electrons. The van der Waals surface area contributed by atoms with Gasteiger partial charge in [0.25, 0.3) is 0 Å². The van der Waals surface area contributed by atoms with Crippen LogP contribution in [-0.2, 0) is 11.2 Å². The molecule has 1 aromatic carbocycles. The molecule has 1 atom stereocenters. The summed E-state index contributed by atoms with van der Waals surface area (Å²) in [7, 11) is 0. The van der Waals surface area contributed by atoms with Crippen LogP contribution in [0.1, 0.15) is 24.0 Å². The summed E-state index contributed by atoms with van der Waals surface area (Å²) in [4.78, 5) is 27.1. The number of nitrogens with zero attached hydrogens (tertiary/aromatic N) is 1. The van der Waals surface area contributed by atoms with Crippen LogP contribution in [-0.4, -0.2) is 28.1 Å². The number of amides is 2. The van der Waals surface area contributed by atoms with Crippen LogP contribution in [0.3, 0.4) is 0 Å². The molecular weight excluding hydrogens is 342 g/mol. The predicted molar refractivity (Wildman–Crippen MR) is 96.9 cm³/mol. The standard InChI is InChI=1S/C18H20ClN3O3/c1-12-15(19)10-20-11-16(12)22-18(25)21-14(7-8-17(23)24)9-13-5-3-2-4-6-13/h2-6,10-11,14H,7-9H2,1H3,(H,23,24)(H2,21,22,25). The highest BCUT2D eigenvalue weighted by Crippen LogP contribution is 2.21. The Morgan fingerprint density at radius 1 is 1.24 bits per heavy atom. The first-order valence-corrected chi connectivity index (χ1v) is 8.27. The number of carboxylic acids is 1. The SMILES string of the molecule is Cc1c(Cl)cncc1NC(=O)NC(CCC(=O)O)Cc1ccccc1. The Bertz CT molecular complexity index is 738. The lowest BCUT2D eigenvalue weighted by Crippen LogP contribution is -2.39. The van der Waals surface area contributed by atoms with Crippen LogP contribution in [0.5, 0.6) is 0 Å². The van der Waals surface area contributed by atoms with E-state index in [-0.39, 0.29) is 12.5 Å². The van der Waals surface area contributed by atoms with E-state index in [1.807, 2.05) is 30.3 Å². The lowest BCUT2D eigenvalue weighted by molar-refractivity contribution is -0.137. The molecule has 0 fully saturated rings. The first-order chi connectivity index (χ1) is 12.0. The minimum Gasteiger partial charge on any atom is -0.481 e. The van der Waals surface area contributed by atoms with Crippen LogP contribution in [0.4, 0.5) is 10.5 Å². The van der Waals surface area contributed by atoms with Crippen molar-refractivity contribution in [1.29, 1.82) is 0 Å². The number of hydrogen-bond donors (Lipinski definition) is 3. The van der Waals surface area contributed by atoms with Crippen LogP contribution in [0.15, 0.2) is 42.7 Å². The first kappa shape index (κ1) is 18.7. The van der Waals surface area contributed by atoms with Crippen molar-refractivity contribution in [1.82, 2.24) is 10.3 Å². The minimum atomic E-state index is -0.893. The molecule has 0 aliphatic heterocycles. The van der Waals surface area contributed by atoms with Crippen molar-refractivity contribution >= 4 is 29.3 Å². The summed E-state index contributed by atoms with van der Waals surface area (Å²) in [5.41, 5.74) is 2.26. The van der Waals surface area contributed by atoms with E-state index in [2.05, 4.69) is 15.6 Å². The monoisotopic (exact) mass is 361 g/mol. The van der Waals surface area contributed by atoms with Crippen molar-refractivity contribution in [2.45, 2.75) is 32.2 Å². The van der Waals surface area contributed by atoms with Gasteiger partial charge in [-0.15, -0.1) is 0 Å². The number of pyridine rings is 1. The maximum Gasteiger partial charge on any atom is 0.319 e. The molecule has 0 aliphatic carbocycles. The molecular formula is C18H20ClN3O3. The van der Waals surface area contributed by atoms with E-state index in [4.69, 9.17) is 16.7 Å². The van der Waals surface area contributed by atoms with Gasteiger partial charge in [0.05, 0.1) is 16.9 Å². The van der Waals surface area contributed by atoms with Gasteiger partial charge in [-0.3, -0.25) is 9.78 Å². The number of aliphatic carboxylic acids is 1. The molecule has 1 heterocycles. The number of benzene rings is 1. The second-order valence-electron chi connectivity index (χ2n) is 5.71. The fraction of sp³-hybridized carbons (Fsp3) is 0.278. The largest absolute Gasteiger partial charge is 0.481 e. The Hall–Kier alpha value is -2.60. The number of nitrogens with one attached hydrogen (secondary N) is 2. The van der Waals surface area contributed by atoms with Crippen LogP contribution >= 0.6 is 11.6 Å². The number of anilines is 1. The van der Waals surface area contributed by atoms with Gasteiger partial charge in [-0.25, -0.2) is 4.79 Å². The molecule has 3 N–H and O–H groups in total. The molecule has 0 bridgehead atoms. The van der Waals surface area contributed by atoms with Crippen molar-refractivity contribution < 1.29 is 14.7 Å². The third kappa shape index (κ3) is 6.08. The van der Waals surface area contributed by atoms with Gasteiger partial charge in [-0.1, -0.05) is 41.9 Å². The normalized spacial score (nSPS) is 11.6. The number of carboxylic acid groups (broad SMARTS) is 1. The summed E-state index contributed by atoms with van der Waals surface area (Å²) in [5, 5.41) is 14.9. The van der Waals surface area contributed by atoms with Gasteiger partial charge in [0, 0.05) is 18.7 Å². The van der Waals surface area contributed by atoms with Crippen molar-refractivity contribution in [3.05, 3.63) is 58.9 Å². The van der Waals surface area contributed by atoms with Crippen molar-refractivity contribution in [2.24, 2.45) is 0 Å². The summed E-state index contributed by atoms with van der Waals surface area (Å²) < 4.78 is 0. The Morgan fingerprint density at radius 3 is 2.64 bits per heavy atom. The molecule has 2 amide bonds. The molecule has 2 rings (SSSR count). The molecule has 6 nitrogen and oxygen atoms in total. The second kappa shape index (κ2) is 9.03. The van der Waals surface area contributed by atoms with Gasteiger partial charge >= 0.3 is 12.0 Å². The minimum absolute atomic E-state index is 0.0183. The fourth-order valence-corrected chi connectivity index (χ4v) is 2.55. The van der Waals surface area contributed by atoms with Crippen LogP contribution in [0.2, 0.25) is 5.02 Å². The van der Waals surface area contributed by atoms with Gasteiger partial charge in [0.1, 0.15) is 0 Å². The summed E-state index contributed by atoms with van der Waals surface area (Å²) in [6.07, 6.45) is 3.89. The maximum atomic E-state index is 12.3. The molecule has 2 aromatic rings. The van der Waals surface area contributed by atoms with E-state index < -0.39 is 12.0 Å². The Morgan fingerprint density at radius 2 is 1.96 bits per heavy atom. The molecule has 7 heteroatoms. The zero-order valence-electron chi connectivity index (χ0n) is 13.8. The fourth-order valence-electron chi connectivity index (χ4n) is 2.39. The third-order valence-electron chi connectivity index (χ3n) is 3.77. The van der Waals surface area contributed by atoms with Crippen molar-refractivity contribution in [2.75, 3.05) is 5.32 Å². The molecule has 0 saturated carbocycles. The van der Waals surface area contributed by atoms with Crippen LogP contribution < -0.4 is 10.6 Å².